The number of nitrogens with zero attached hydrogens (tertiary/aromatic N) is 1. The molecule has 0 radical (unpaired) electrons. The van der Waals surface area contributed by atoms with Crippen molar-refractivity contribution in [1.29, 1.82) is 0 Å². The van der Waals surface area contributed by atoms with Crippen molar-refractivity contribution in [3.05, 3.63) is 95.1 Å². The van der Waals surface area contributed by atoms with Crippen molar-refractivity contribution >= 4 is 35.8 Å². The van der Waals surface area contributed by atoms with E-state index in [0.29, 0.717) is 11.1 Å². The molecular weight excluding hydrogens is 815 g/mol. The Labute approximate surface area is 367 Å². The number of carbonyl (C=O) groups excluding carboxylic acids is 6. The van der Waals surface area contributed by atoms with Crippen LogP contribution in [0.15, 0.2) is 84.0 Å². The molecule has 1 saturated carbocycles. The maximum Gasteiger partial charge on any atom is 0.413 e. The smallest absolute Gasteiger partial charge is 0.413 e. The van der Waals surface area contributed by atoms with Gasteiger partial charge < -0.3 is 38.3 Å². The molecule has 3 fully saturated rings. The van der Waals surface area contributed by atoms with Gasteiger partial charge in [0, 0.05) is 25.7 Å². The summed E-state index contributed by atoms with van der Waals surface area (Å²) in [6, 6.07) is 15.8. The number of allylic oxidation sites excluding steroid dienone is 1. The predicted molar refractivity (Wildman–Crippen MR) is 223 cm³/mol. The van der Waals surface area contributed by atoms with E-state index in [0.717, 1.165) is 6.92 Å². The summed E-state index contributed by atoms with van der Waals surface area (Å²) in [5, 5.41) is 13.8. The molecule has 2 aromatic rings. The summed E-state index contributed by atoms with van der Waals surface area (Å²) < 4.78 is 43.1. The lowest BCUT2D eigenvalue weighted by atomic mass is 9.46. The normalized spacial score (nSPS) is 33.9. The fourth-order valence-corrected chi connectivity index (χ4v) is 10.5. The van der Waals surface area contributed by atoms with Gasteiger partial charge in [-0.2, -0.15) is 0 Å². The van der Waals surface area contributed by atoms with Crippen LogP contribution in [-0.4, -0.2) is 105 Å². The van der Waals surface area contributed by atoms with Crippen LogP contribution in [-0.2, 0) is 52.3 Å². The summed E-state index contributed by atoms with van der Waals surface area (Å²) in [5.41, 5.74) is -8.42. The lowest BCUT2D eigenvalue weighted by Gasteiger charge is -2.65. The van der Waals surface area contributed by atoms with Crippen LogP contribution in [0.1, 0.15) is 105 Å². The first-order valence-electron chi connectivity index (χ1n) is 21.2. The van der Waals surface area contributed by atoms with E-state index >= 15 is 4.79 Å². The first-order chi connectivity index (χ1) is 29.3. The highest BCUT2D eigenvalue weighted by Crippen LogP contribution is 2.63. The van der Waals surface area contributed by atoms with Crippen LogP contribution in [0.5, 0.6) is 0 Å². The van der Waals surface area contributed by atoms with Gasteiger partial charge in [0.2, 0.25) is 0 Å². The van der Waals surface area contributed by atoms with Crippen LogP contribution in [0.3, 0.4) is 0 Å². The lowest BCUT2D eigenvalue weighted by molar-refractivity contribution is -0.306. The van der Waals surface area contributed by atoms with Crippen molar-refractivity contribution in [2.45, 2.75) is 142 Å². The molecule has 3 aliphatic carbocycles. The zero-order valence-electron chi connectivity index (χ0n) is 37.6. The van der Waals surface area contributed by atoms with Crippen LogP contribution in [0.2, 0.25) is 0 Å². The minimum absolute atomic E-state index is 0.124. The number of aliphatic hydroxyl groups is 1. The van der Waals surface area contributed by atoms with Crippen molar-refractivity contribution in [2.75, 3.05) is 6.61 Å². The molecule has 2 saturated heterocycles. The van der Waals surface area contributed by atoms with E-state index in [9.17, 15) is 29.1 Å². The third kappa shape index (κ3) is 7.55. The van der Waals surface area contributed by atoms with Crippen molar-refractivity contribution < 1.29 is 67.0 Å². The van der Waals surface area contributed by atoms with Gasteiger partial charge in [0.05, 0.1) is 23.5 Å². The average Bonchev–Trinajstić information content (AvgIpc) is 3.48. The van der Waals surface area contributed by atoms with Gasteiger partial charge in [-0.05, 0) is 77.3 Å². The Morgan fingerprint density at radius 3 is 2.03 bits per heavy atom. The van der Waals surface area contributed by atoms with E-state index in [1.54, 1.807) is 123 Å². The summed E-state index contributed by atoms with van der Waals surface area (Å²) in [6.07, 6.45) is -5.06. The van der Waals surface area contributed by atoms with Gasteiger partial charge in [-0.15, -0.1) is 0 Å². The molecule has 63 heavy (non-hydrogen) atoms. The van der Waals surface area contributed by atoms with Crippen molar-refractivity contribution in [2.24, 2.45) is 16.7 Å². The third-order valence-corrected chi connectivity index (χ3v) is 13.4. The summed E-state index contributed by atoms with van der Waals surface area (Å²) in [4.78, 5) is 86.0. The summed E-state index contributed by atoms with van der Waals surface area (Å²) >= 11 is 0. The van der Waals surface area contributed by atoms with Crippen LogP contribution < -0.4 is 0 Å². The molecule has 1 amide bonds. The number of ether oxygens (including phenoxy) is 7. The number of benzene rings is 2. The molecule has 1 unspecified atom stereocenters. The molecule has 5 aliphatic rings. The number of ketones is 1. The number of carbonyl (C=O) groups is 6. The zero-order chi connectivity index (χ0) is 46.2. The molecule has 338 valence electrons. The van der Waals surface area contributed by atoms with Crippen LogP contribution in [0, 0.1) is 16.7 Å². The largest absolute Gasteiger partial charge is 0.456 e. The van der Waals surface area contributed by atoms with Crippen LogP contribution in [0.4, 0.5) is 4.79 Å². The molecule has 15 heteroatoms. The Bertz CT molecular complexity index is 2260. The van der Waals surface area contributed by atoms with Gasteiger partial charge in [-0.1, -0.05) is 74.5 Å². The molecule has 0 spiro atoms. The van der Waals surface area contributed by atoms with E-state index in [1.807, 2.05) is 0 Å². The molecule has 2 bridgehead atoms. The fraction of sp³-hybridized carbons (Fsp3) is 0.542. The number of esters is 4. The average molecular weight is 872 g/mol. The molecule has 2 aromatic carbocycles. The number of amides is 1. The Hall–Kier alpha value is -5.38. The molecule has 7 rings (SSSR count). The van der Waals surface area contributed by atoms with Gasteiger partial charge in [0.15, 0.2) is 23.6 Å². The van der Waals surface area contributed by atoms with Gasteiger partial charge in [0.1, 0.15) is 41.3 Å². The summed E-state index contributed by atoms with van der Waals surface area (Å²) in [7, 11) is 0. The highest BCUT2D eigenvalue weighted by atomic mass is 16.6. The van der Waals surface area contributed by atoms with E-state index in [-0.39, 0.29) is 17.7 Å². The Kier molecular flexibility index (Phi) is 11.4. The molecule has 2 aliphatic heterocycles. The first-order valence-corrected chi connectivity index (χ1v) is 21.2. The molecule has 0 aromatic heterocycles. The van der Waals surface area contributed by atoms with E-state index in [1.165, 1.54) is 24.0 Å². The number of hydrogen-bond donors (Lipinski definition) is 1. The molecular formula is C48H57NO14. The SMILES string of the molecule is CC(=O)O[C@H]1C(=O)[C@]2(C)C=C[C@H]3OC[C@@]3(OC(C)=O)C2[C@H](OC(=O)c2ccccc2)[C@]2(O)C[C@H](OC(=O)[C@@H]3OC(C)(C)N(C(=O)OC(C)(C)C)[C@H]3c3ccccc3)C(C)=C1C2(C)C. The van der Waals surface area contributed by atoms with Gasteiger partial charge in [-0.3, -0.25) is 19.3 Å². The quantitative estimate of drug-likeness (QED) is 0.190. The Balaban J connectivity index is 1.41. The number of hydrogen-bond acceptors (Lipinski definition) is 14. The Morgan fingerprint density at radius 2 is 1.48 bits per heavy atom. The van der Waals surface area contributed by atoms with Crippen molar-refractivity contribution in [3.63, 3.8) is 0 Å². The minimum Gasteiger partial charge on any atom is -0.456 e. The van der Waals surface area contributed by atoms with Crippen LogP contribution in [0.25, 0.3) is 0 Å². The number of rotatable bonds is 7. The third-order valence-electron chi connectivity index (χ3n) is 13.4. The summed E-state index contributed by atoms with van der Waals surface area (Å²) in [5.74, 6) is -5.31. The maximum atomic E-state index is 15.5. The second-order valence-electron chi connectivity index (χ2n) is 19.4. The molecule has 2 heterocycles. The minimum atomic E-state index is -2.27. The number of Topliss-reactive ketones (excluding diaryl/α,β-unsaturated/α-hetero) is 1. The summed E-state index contributed by atoms with van der Waals surface area (Å²) in [6.45, 7) is 17.0. The van der Waals surface area contributed by atoms with Gasteiger partial charge in [0.25, 0.3) is 0 Å². The van der Waals surface area contributed by atoms with E-state index < -0.39 is 118 Å². The van der Waals surface area contributed by atoms with Crippen molar-refractivity contribution in [3.8, 4) is 0 Å². The maximum absolute atomic E-state index is 15.5. The Morgan fingerprint density at radius 1 is 0.857 bits per heavy atom. The highest BCUT2D eigenvalue weighted by molar-refractivity contribution is 5.96. The van der Waals surface area contributed by atoms with E-state index in [4.69, 9.17) is 33.2 Å². The van der Waals surface area contributed by atoms with E-state index in [2.05, 4.69) is 0 Å². The second-order valence-corrected chi connectivity index (χ2v) is 19.4. The second kappa shape index (κ2) is 15.7. The highest BCUT2D eigenvalue weighted by Gasteiger charge is 2.75. The zero-order valence-corrected chi connectivity index (χ0v) is 37.6. The monoisotopic (exact) mass is 871 g/mol. The predicted octanol–water partition coefficient (Wildman–Crippen LogP) is 6.12. The standard InChI is InChI=1S/C48H57NO14/c1-26-31(59-41(54)36-34(29-18-14-12-15-19-29)49(45(9,10)62-36)42(55)63-43(4,5)6)24-48(56)39(60-40(53)30-20-16-13-17-21-30)37-46(11,23-22-32-47(37,25-57-32)61-28(3)51)38(52)35(58-27(2)50)33(26)44(48,7)8/h12-23,31-32,34-37,39,56H,24-25H2,1-11H3/t31-,32+,34-,35+,36+,37?,39-,46+,47-,48+/m0/s1. The fourth-order valence-electron chi connectivity index (χ4n) is 10.5. The van der Waals surface area contributed by atoms with Gasteiger partial charge in [-0.25, -0.2) is 14.4 Å². The first kappa shape index (κ1) is 45.6. The lowest BCUT2D eigenvalue weighted by Crippen LogP contribution is -2.78. The van der Waals surface area contributed by atoms with Crippen LogP contribution >= 0.6 is 0 Å². The number of fused-ring (bicyclic) bond motifs is 5. The van der Waals surface area contributed by atoms with Crippen molar-refractivity contribution in [1.82, 2.24) is 4.90 Å². The molecule has 15 nitrogen and oxygen atoms in total. The topological polar surface area (TPSA) is 190 Å². The van der Waals surface area contributed by atoms with Gasteiger partial charge >= 0.3 is 30.0 Å². The molecule has 1 N–H and O–H groups in total. The molecule has 10 atom stereocenters.